The summed E-state index contributed by atoms with van der Waals surface area (Å²) >= 11 is 0. The maximum absolute atomic E-state index is 13.3. The van der Waals surface area contributed by atoms with Crippen LogP contribution in [0.1, 0.15) is 95.1 Å². The lowest BCUT2D eigenvalue weighted by molar-refractivity contribution is -0.558. The Morgan fingerprint density at radius 1 is 0.478 bits per heavy atom. The lowest BCUT2D eigenvalue weighted by Gasteiger charge is -2.53. The smallest absolute Gasteiger partial charge is 0.358 e. The Bertz CT molecular complexity index is 3640. The lowest BCUT2D eigenvalue weighted by Crippen LogP contribution is -2.44. The van der Waals surface area contributed by atoms with Crippen molar-refractivity contribution >= 4 is 52.8 Å². The van der Waals surface area contributed by atoms with E-state index in [4.69, 9.17) is 9.57 Å². The molecule has 1 saturated heterocycles. The molecule has 20 nitrogen and oxygen atoms in total. The van der Waals surface area contributed by atoms with E-state index in [1.165, 1.54) is 11.1 Å². The van der Waals surface area contributed by atoms with Gasteiger partial charge in [0.25, 0.3) is 35.4 Å². The highest BCUT2D eigenvalue weighted by Gasteiger charge is 2.33. The first-order valence-corrected chi connectivity index (χ1v) is 29.3. The van der Waals surface area contributed by atoms with Crippen LogP contribution in [0.25, 0.3) is 0 Å². The number of carbonyl (C=O) groups is 7. The van der Waals surface area contributed by atoms with Crippen LogP contribution in [0.15, 0.2) is 216 Å². The second-order valence-corrected chi connectivity index (χ2v) is 21.2. The molecule has 8 bridgehead atoms. The SMILES string of the molecule is CC[N+](CCOCC(=O)ON1C(=O)CCC1=O)=C1C=CC(=C2[C]([O-])C(=C3C=CC(=[N+](Cc4ccccc4)Cc4ccccc4)C=C3)[C]2[O-])C=C1.O=C1NCc2ccc(cc2)CNC(=O)c2cccc(n2)C(=O)NCc2ccc(cc2)CNC(=O)c2cccc1n2. The molecular weight excluding hydrogens is 1140 g/mol. The highest BCUT2D eigenvalue weighted by molar-refractivity contribution is 6.04. The van der Waals surface area contributed by atoms with Crippen LogP contribution in [-0.4, -0.2) is 103 Å². The molecule has 5 aliphatic heterocycles. The van der Waals surface area contributed by atoms with Crippen molar-refractivity contribution in [2.24, 2.45) is 0 Å². The van der Waals surface area contributed by atoms with Gasteiger partial charge in [-0.2, -0.15) is 0 Å². The molecule has 0 unspecified atom stereocenters. The Morgan fingerprint density at radius 3 is 1.19 bits per heavy atom. The molecule has 14 rings (SSSR count). The molecule has 0 spiro atoms. The van der Waals surface area contributed by atoms with Crippen molar-refractivity contribution in [3.05, 3.63) is 285 Å². The summed E-state index contributed by atoms with van der Waals surface area (Å²) in [6.07, 6.45) is 14.3. The first-order chi connectivity index (χ1) is 43.8. The zero-order valence-electron chi connectivity index (χ0n) is 49.2. The van der Waals surface area contributed by atoms with Crippen LogP contribution < -0.4 is 31.5 Å². The van der Waals surface area contributed by atoms with Gasteiger partial charge in [0.05, 0.1) is 0 Å². The van der Waals surface area contributed by atoms with E-state index in [2.05, 4.69) is 60.1 Å². The second kappa shape index (κ2) is 29.8. The number of nitrogens with zero attached hydrogens (tertiary/aromatic N) is 5. The number of allylic oxidation sites excluding steroid dienone is 10. The van der Waals surface area contributed by atoms with E-state index >= 15 is 0 Å². The first-order valence-electron chi connectivity index (χ1n) is 29.3. The van der Waals surface area contributed by atoms with Gasteiger partial charge in [0.1, 0.15) is 42.5 Å². The van der Waals surface area contributed by atoms with Gasteiger partial charge in [0, 0.05) is 74.5 Å². The van der Waals surface area contributed by atoms with Crippen LogP contribution in [0.2, 0.25) is 0 Å². The maximum Gasteiger partial charge on any atom is 0.358 e. The van der Waals surface area contributed by atoms with Crippen LogP contribution >= 0.6 is 0 Å². The summed E-state index contributed by atoms with van der Waals surface area (Å²) in [7, 11) is 0. The van der Waals surface area contributed by atoms with Gasteiger partial charge in [-0.05, 0) is 88.9 Å². The fraction of sp³-hybridized carbons (Fsp3) is 0.186. The van der Waals surface area contributed by atoms with Gasteiger partial charge in [-0.15, -0.1) is 5.06 Å². The number of carbonyl (C=O) groups excluding carboxylic acids is 7. The number of hydroxylamine groups is 2. The predicted molar refractivity (Wildman–Crippen MR) is 327 cm³/mol. The maximum atomic E-state index is 13.3. The number of imide groups is 1. The molecule has 6 amide bonds. The Kier molecular flexibility index (Phi) is 20.7. The van der Waals surface area contributed by atoms with Crippen LogP contribution in [0.5, 0.6) is 0 Å². The topological polar surface area (TPSA) is 267 Å². The third kappa shape index (κ3) is 16.1. The van der Waals surface area contributed by atoms with Gasteiger partial charge in [-0.3, -0.25) is 28.8 Å². The van der Waals surface area contributed by atoms with Crippen molar-refractivity contribution in [2.75, 3.05) is 26.3 Å². The number of ether oxygens (including phenoxy) is 1. The minimum absolute atomic E-state index is 0.0246. The number of aromatic nitrogens is 2. The number of likely N-dealkylation sites (N-methyl/N-ethyl adjacent to an activating group) is 1. The van der Waals surface area contributed by atoms with Crippen LogP contribution in [0, 0.1) is 12.2 Å². The van der Waals surface area contributed by atoms with Gasteiger partial charge >= 0.3 is 5.97 Å². The van der Waals surface area contributed by atoms with Gasteiger partial charge in [-0.25, -0.2) is 23.9 Å². The van der Waals surface area contributed by atoms with Crippen LogP contribution in [0.3, 0.4) is 0 Å². The number of hydrogen-bond acceptors (Lipinski definition) is 13. The lowest BCUT2D eigenvalue weighted by atomic mass is 9.73. The molecule has 4 aromatic carbocycles. The van der Waals surface area contributed by atoms with E-state index in [1.54, 1.807) is 48.6 Å². The zero-order chi connectivity index (χ0) is 62.9. The predicted octanol–water partition coefficient (Wildman–Crippen LogP) is 5.09. The molecule has 2 aromatic heterocycles. The molecule has 2 radical (unpaired) electrons. The molecule has 454 valence electrons. The molecule has 90 heavy (non-hydrogen) atoms. The molecule has 0 atom stereocenters. The van der Waals surface area contributed by atoms with Crippen molar-refractivity contribution in [1.82, 2.24) is 36.3 Å². The van der Waals surface area contributed by atoms with Gasteiger partial charge < -0.3 is 41.1 Å². The van der Waals surface area contributed by atoms with E-state index in [9.17, 15) is 43.8 Å². The van der Waals surface area contributed by atoms with Gasteiger partial charge in [-0.1, -0.05) is 145 Å². The van der Waals surface area contributed by atoms with E-state index in [0.29, 0.717) is 42.4 Å². The largest absolute Gasteiger partial charge is 0.843 e. The van der Waals surface area contributed by atoms with E-state index < -0.39 is 48.0 Å². The molecule has 20 heteroatoms. The number of benzene rings is 4. The summed E-state index contributed by atoms with van der Waals surface area (Å²) in [4.78, 5) is 99.1. The summed E-state index contributed by atoms with van der Waals surface area (Å²) in [6, 6.07) is 44.7. The van der Waals surface area contributed by atoms with Crippen molar-refractivity contribution < 1.29 is 62.5 Å². The average Bonchev–Trinajstić information content (AvgIpc) is 0.865. The minimum atomic E-state index is -0.826. The fourth-order valence-electron chi connectivity index (χ4n) is 10.0. The molecular formula is C70H63N9O11. The quantitative estimate of drug-likeness (QED) is 0.0749. The number of rotatable bonds is 11. The van der Waals surface area contributed by atoms with Crippen molar-refractivity contribution in [1.29, 1.82) is 0 Å². The summed E-state index contributed by atoms with van der Waals surface area (Å²) in [6.45, 7) is 5.30. The molecule has 3 aliphatic carbocycles. The number of nitrogens with one attached hydrogen (secondary N) is 4. The van der Waals surface area contributed by atoms with E-state index in [-0.39, 0.29) is 91.8 Å². The third-order valence-electron chi connectivity index (χ3n) is 15.0. The molecule has 2 fully saturated rings. The molecule has 1 saturated carbocycles. The fourth-order valence-corrected chi connectivity index (χ4v) is 10.0. The Balaban J connectivity index is 0.000000203. The summed E-state index contributed by atoms with van der Waals surface area (Å²) in [5, 5.41) is 38.4. The normalized spacial score (nSPS) is 16.3. The zero-order valence-corrected chi connectivity index (χ0v) is 49.2. The minimum Gasteiger partial charge on any atom is -0.843 e. The molecule has 7 heterocycles. The summed E-state index contributed by atoms with van der Waals surface area (Å²) < 4.78 is 9.69. The standard InChI is InChI=1S/C40H37N3O7.C30H26N6O4/c1-2-41(23-24-49-27-36(46)50-43-34(44)21-22-35(43)45)32-17-13-30(14-18-32)37-39(47)38(40(37)48)31-15-19-33(20-16-31)42(25-28-9-5-3-6-10-28)26-29-11-7-4-8-12-29;37-27-23-3-1-4-24(35-23)28(38)32-16-20-9-13-22(14-10-20)18-34-30(40)26-6-2-5-25(36-26)29(39)33-17-21-11-7-19(8-12-21)15-31-27/h3-20H,2,21-27H2,1H3;1-14H,15-18H2,(H,31,37)(H,32,38)(H,33,39)(H,34,40). The molecule has 8 aliphatic rings. The second-order valence-electron chi connectivity index (χ2n) is 21.2. The monoisotopic (exact) mass is 1210 g/mol. The highest BCUT2D eigenvalue weighted by Crippen LogP contribution is 2.46. The number of amides is 6. The Labute approximate surface area is 519 Å². The summed E-state index contributed by atoms with van der Waals surface area (Å²) in [5.41, 5.74) is 9.68. The highest BCUT2D eigenvalue weighted by atomic mass is 16.7. The molecule has 4 N–H and O–H groups in total. The van der Waals surface area contributed by atoms with Gasteiger partial charge in [0.2, 0.25) is 5.71 Å². The summed E-state index contributed by atoms with van der Waals surface area (Å²) in [5.74, 6) is -3.51. The average molecular weight is 1210 g/mol. The Hall–Kier alpha value is -10.7. The van der Waals surface area contributed by atoms with Crippen molar-refractivity contribution in [3.8, 4) is 0 Å². The van der Waals surface area contributed by atoms with Crippen molar-refractivity contribution in [3.63, 3.8) is 0 Å². The third-order valence-corrected chi connectivity index (χ3v) is 15.0. The van der Waals surface area contributed by atoms with Crippen LogP contribution in [-0.2, 0) is 63.2 Å². The first kappa shape index (κ1) is 62.4. The van der Waals surface area contributed by atoms with Crippen molar-refractivity contribution in [2.45, 2.75) is 59.0 Å². The van der Waals surface area contributed by atoms with Gasteiger partial charge in [0.15, 0.2) is 25.3 Å². The van der Waals surface area contributed by atoms with E-state index in [1.807, 2.05) is 133 Å². The van der Waals surface area contributed by atoms with E-state index in [0.717, 1.165) is 33.7 Å². The molecule has 6 aromatic rings. The van der Waals surface area contributed by atoms with Crippen LogP contribution in [0.4, 0.5) is 0 Å². The number of hydrogen-bond donors (Lipinski definition) is 4. The Morgan fingerprint density at radius 2 is 0.833 bits per heavy atom. The number of pyridine rings is 2.